The Hall–Kier alpha value is -4.83. The van der Waals surface area contributed by atoms with Crippen LogP contribution < -0.4 is 24.8 Å². The molecule has 0 aliphatic heterocycles. The van der Waals surface area contributed by atoms with E-state index >= 15 is 0 Å². The molecule has 3 N–H and O–H groups in total. The molecular formula is C33H35N3O6S. The second-order valence-corrected chi connectivity index (χ2v) is 11.7. The molecule has 0 spiro atoms. The number of amides is 2. The van der Waals surface area contributed by atoms with Crippen LogP contribution in [0.5, 0.6) is 11.5 Å². The molecular weight excluding hydrogens is 566 g/mol. The first-order valence-corrected chi connectivity index (χ1v) is 15.1. The van der Waals surface area contributed by atoms with Crippen molar-refractivity contribution in [2.75, 3.05) is 30.8 Å². The standard InChI is InChI=1S/C33H35N3O6S/c1-21-10-11-22(2)28(18-21)36-43(39,40)31-20-25(14-12-23(31)3)32(37)35-27-9-7-6-8-26(27)33(38)34-17-16-24-13-15-29(41-4)30(19-24)42-5/h6-15,18-20,36H,16-17H2,1-5H3,(H,34,38)(H,35,37). The first kappa shape index (κ1) is 31.1. The van der Waals surface area contributed by atoms with Crippen LogP contribution in [0.3, 0.4) is 0 Å². The van der Waals surface area contributed by atoms with Gasteiger partial charge >= 0.3 is 0 Å². The third-order valence-corrected chi connectivity index (χ3v) is 8.45. The molecule has 4 rings (SSSR count). The second-order valence-electron chi connectivity index (χ2n) is 10.1. The van der Waals surface area contributed by atoms with Crippen LogP contribution in [0.4, 0.5) is 11.4 Å². The van der Waals surface area contributed by atoms with E-state index < -0.39 is 15.9 Å². The molecule has 0 aliphatic rings. The van der Waals surface area contributed by atoms with Crippen LogP contribution in [0.25, 0.3) is 0 Å². The highest BCUT2D eigenvalue weighted by Gasteiger charge is 2.21. The molecule has 0 saturated heterocycles. The van der Waals surface area contributed by atoms with Gasteiger partial charge in [0.2, 0.25) is 0 Å². The summed E-state index contributed by atoms with van der Waals surface area (Å²) in [6, 6.07) is 22.2. The topological polar surface area (TPSA) is 123 Å². The van der Waals surface area contributed by atoms with Gasteiger partial charge in [-0.1, -0.05) is 36.4 Å². The van der Waals surface area contributed by atoms with Crippen LogP contribution >= 0.6 is 0 Å². The fraction of sp³-hybridized carbons (Fsp3) is 0.212. The lowest BCUT2D eigenvalue weighted by Gasteiger charge is -2.15. The van der Waals surface area contributed by atoms with Gasteiger partial charge < -0.3 is 20.1 Å². The first-order chi connectivity index (χ1) is 20.5. The molecule has 0 saturated carbocycles. The number of rotatable bonds is 11. The maximum absolute atomic E-state index is 13.3. The van der Waals surface area contributed by atoms with Gasteiger partial charge in [0.25, 0.3) is 21.8 Å². The molecule has 0 aromatic heterocycles. The van der Waals surface area contributed by atoms with Gasteiger partial charge in [0.05, 0.1) is 36.1 Å². The molecule has 9 nitrogen and oxygen atoms in total. The van der Waals surface area contributed by atoms with Crippen LogP contribution in [-0.2, 0) is 16.4 Å². The number of anilines is 2. The quantitative estimate of drug-likeness (QED) is 0.204. The molecule has 0 atom stereocenters. The molecule has 0 radical (unpaired) electrons. The number of hydrogen-bond donors (Lipinski definition) is 3. The zero-order chi connectivity index (χ0) is 31.1. The van der Waals surface area contributed by atoms with E-state index in [9.17, 15) is 18.0 Å². The fourth-order valence-corrected chi connectivity index (χ4v) is 5.91. The lowest BCUT2D eigenvalue weighted by molar-refractivity contribution is 0.0955. The molecule has 0 unspecified atom stereocenters. The van der Waals surface area contributed by atoms with E-state index in [4.69, 9.17) is 9.47 Å². The summed E-state index contributed by atoms with van der Waals surface area (Å²) in [7, 11) is -0.853. The number of benzene rings is 4. The summed E-state index contributed by atoms with van der Waals surface area (Å²) in [4.78, 5) is 26.3. The lowest BCUT2D eigenvalue weighted by atomic mass is 10.1. The van der Waals surface area contributed by atoms with Crippen molar-refractivity contribution in [1.82, 2.24) is 5.32 Å². The van der Waals surface area contributed by atoms with Crippen molar-refractivity contribution in [3.05, 3.63) is 112 Å². The van der Waals surface area contributed by atoms with Crippen molar-refractivity contribution in [3.8, 4) is 11.5 Å². The van der Waals surface area contributed by atoms with Crippen molar-refractivity contribution < 1.29 is 27.5 Å². The number of sulfonamides is 1. The molecule has 10 heteroatoms. The summed E-state index contributed by atoms with van der Waals surface area (Å²) in [6.07, 6.45) is 0.553. The van der Waals surface area contributed by atoms with Crippen LogP contribution in [0.2, 0.25) is 0 Å². The van der Waals surface area contributed by atoms with E-state index in [0.717, 1.165) is 16.7 Å². The Morgan fingerprint density at radius 3 is 2.21 bits per heavy atom. The molecule has 0 heterocycles. The number of ether oxygens (including phenoxy) is 2. The summed E-state index contributed by atoms with van der Waals surface area (Å²) in [6.45, 7) is 5.71. The summed E-state index contributed by atoms with van der Waals surface area (Å²) in [5.74, 6) is 0.318. The van der Waals surface area contributed by atoms with Crippen LogP contribution in [-0.4, -0.2) is 41.0 Å². The molecule has 224 valence electrons. The van der Waals surface area contributed by atoms with E-state index in [1.54, 1.807) is 63.6 Å². The Balaban J connectivity index is 1.47. The van der Waals surface area contributed by atoms with Crippen LogP contribution in [0, 0.1) is 20.8 Å². The summed E-state index contributed by atoms with van der Waals surface area (Å²) in [5.41, 5.74) is 4.32. The number of hydrogen-bond acceptors (Lipinski definition) is 6. The molecule has 4 aromatic rings. The molecule has 2 amide bonds. The number of carbonyl (C=O) groups is 2. The monoisotopic (exact) mass is 601 g/mol. The van der Waals surface area contributed by atoms with E-state index in [1.807, 2.05) is 44.2 Å². The van der Waals surface area contributed by atoms with Gasteiger partial charge in [-0.2, -0.15) is 0 Å². The zero-order valence-corrected chi connectivity index (χ0v) is 25.6. The first-order valence-electron chi connectivity index (χ1n) is 13.6. The van der Waals surface area contributed by atoms with Crippen molar-refractivity contribution in [1.29, 1.82) is 0 Å². The minimum atomic E-state index is -3.98. The number of nitrogens with one attached hydrogen (secondary N) is 3. The van der Waals surface area contributed by atoms with Gasteiger partial charge in [-0.15, -0.1) is 0 Å². The van der Waals surface area contributed by atoms with Crippen LogP contribution in [0.1, 0.15) is 43.0 Å². The van der Waals surface area contributed by atoms with Crippen molar-refractivity contribution in [3.63, 3.8) is 0 Å². The van der Waals surface area contributed by atoms with Crippen molar-refractivity contribution in [2.45, 2.75) is 32.1 Å². The zero-order valence-electron chi connectivity index (χ0n) is 24.8. The average Bonchev–Trinajstić information content (AvgIpc) is 2.99. The minimum absolute atomic E-state index is 0.0118. The smallest absolute Gasteiger partial charge is 0.262 e. The van der Waals surface area contributed by atoms with E-state index in [2.05, 4.69) is 15.4 Å². The number of para-hydroxylation sites is 1. The van der Waals surface area contributed by atoms with E-state index in [0.29, 0.717) is 41.4 Å². The Morgan fingerprint density at radius 2 is 1.47 bits per heavy atom. The van der Waals surface area contributed by atoms with Gasteiger partial charge in [-0.3, -0.25) is 14.3 Å². The highest BCUT2D eigenvalue weighted by molar-refractivity contribution is 7.92. The second kappa shape index (κ2) is 13.4. The van der Waals surface area contributed by atoms with Gasteiger partial charge in [0, 0.05) is 12.1 Å². The third kappa shape index (κ3) is 7.52. The normalized spacial score (nSPS) is 11.0. The van der Waals surface area contributed by atoms with Gasteiger partial charge in [0.15, 0.2) is 11.5 Å². The average molecular weight is 602 g/mol. The number of carbonyl (C=O) groups excluding carboxylic acids is 2. The highest BCUT2D eigenvalue weighted by Crippen LogP contribution is 2.28. The predicted octanol–water partition coefficient (Wildman–Crippen LogP) is 5.65. The minimum Gasteiger partial charge on any atom is -0.493 e. The van der Waals surface area contributed by atoms with Crippen molar-refractivity contribution in [2.24, 2.45) is 0 Å². The van der Waals surface area contributed by atoms with E-state index in [1.165, 1.54) is 6.07 Å². The number of methoxy groups -OCH3 is 2. The maximum Gasteiger partial charge on any atom is 0.262 e. The Bertz CT molecular complexity index is 1770. The fourth-order valence-electron chi connectivity index (χ4n) is 4.51. The predicted molar refractivity (Wildman–Crippen MR) is 168 cm³/mol. The highest BCUT2D eigenvalue weighted by atomic mass is 32.2. The Morgan fingerprint density at radius 1 is 0.744 bits per heavy atom. The maximum atomic E-state index is 13.3. The largest absolute Gasteiger partial charge is 0.493 e. The SMILES string of the molecule is COc1ccc(CCNC(=O)c2ccccc2NC(=O)c2ccc(C)c(S(=O)(=O)Nc3cc(C)ccc3C)c2)cc1OC. The van der Waals surface area contributed by atoms with E-state index in [-0.39, 0.29) is 21.9 Å². The van der Waals surface area contributed by atoms with Gasteiger partial charge in [-0.25, -0.2) is 8.42 Å². The summed E-state index contributed by atoms with van der Waals surface area (Å²) in [5, 5.41) is 5.65. The Kier molecular flexibility index (Phi) is 9.72. The summed E-state index contributed by atoms with van der Waals surface area (Å²) >= 11 is 0. The lowest BCUT2D eigenvalue weighted by Crippen LogP contribution is -2.27. The molecule has 0 fully saturated rings. The molecule has 0 aliphatic carbocycles. The number of aryl methyl sites for hydroxylation is 3. The molecule has 0 bridgehead atoms. The van der Waals surface area contributed by atoms with Gasteiger partial charge in [0.1, 0.15) is 0 Å². The molecule has 4 aromatic carbocycles. The van der Waals surface area contributed by atoms with Crippen molar-refractivity contribution >= 4 is 33.2 Å². The molecule has 43 heavy (non-hydrogen) atoms. The Labute approximate surface area is 252 Å². The van der Waals surface area contributed by atoms with Crippen LogP contribution in [0.15, 0.2) is 83.8 Å². The third-order valence-electron chi connectivity index (χ3n) is 6.94. The summed E-state index contributed by atoms with van der Waals surface area (Å²) < 4.78 is 39.9. The van der Waals surface area contributed by atoms with Gasteiger partial charge in [-0.05, 0) is 91.9 Å².